The molecule has 0 heterocycles. The van der Waals surface area contributed by atoms with Crippen molar-refractivity contribution in [3.63, 3.8) is 0 Å². The standard InChI is InChI=1S/C17H23ClO/c1-2-3-4-5-6-7-8-15-9-11-16(12-10-15)13-14-17(18)19/h9-14H,2-8H2,1H3. The second-order valence-electron chi connectivity index (χ2n) is 4.90. The summed E-state index contributed by atoms with van der Waals surface area (Å²) in [5.41, 5.74) is 2.38. The van der Waals surface area contributed by atoms with Crippen LogP contribution in [0.2, 0.25) is 0 Å². The lowest BCUT2D eigenvalue weighted by Crippen LogP contribution is -1.86. The average Bonchev–Trinajstić information content (AvgIpc) is 2.41. The Kier molecular flexibility index (Phi) is 8.24. The molecule has 1 rings (SSSR count). The van der Waals surface area contributed by atoms with Crippen LogP contribution >= 0.6 is 11.6 Å². The van der Waals surface area contributed by atoms with Gasteiger partial charge in [0, 0.05) is 0 Å². The molecule has 2 heteroatoms. The highest BCUT2D eigenvalue weighted by Crippen LogP contribution is 2.12. The van der Waals surface area contributed by atoms with Gasteiger partial charge in [-0.15, -0.1) is 0 Å². The quantitative estimate of drug-likeness (QED) is 0.337. The molecule has 0 unspecified atom stereocenters. The summed E-state index contributed by atoms with van der Waals surface area (Å²) in [6, 6.07) is 8.32. The SMILES string of the molecule is CCCCCCCCc1ccc(C=CC(=O)Cl)cc1. The van der Waals surface area contributed by atoms with E-state index in [0.29, 0.717) is 0 Å². The summed E-state index contributed by atoms with van der Waals surface area (Å²) < 4.78 is 0. The Morgan fingerprint density at radius 2 is 1.68 bits per heavy atom. The maximum atomic E-state index is 10.6. The predicted octanol–water partition coefficient (Wildman–Crippen LogP) is 5.37. The van der Waals surface area contributed by atoms with E-state index in [4.69, 9.17) is 11.6 Å². The van der Waals surface area contributed by atoms with E-state index in [1.807, 2.05) is 12.1 Å². The number of aryl methyl sites for hydroxylation is 1. The molecule has 0 fully saturated rings. The van der Waals surface area contributed by atoms with E-state index in [2.05, 4.69) is 19.1 Å². The molecule has 0 bridgehead atoms. The Bertz CT molecular complexity index is 392. The number of carbonyl (C=O) groups excluding carboxylic acids is 1. The average molecular weight is 279 g/mol. The maximum absolute atomic E-state index is 10.6. The number of carbonyl (C=O) groups is 1. The Hall–Kier alpha value is -1.08. The van der Waals surface area contributed by atoms with Gasteiger partial charge in [-0.05, 0) is 41.6 Å². The smallest absolute Gasteiger partial charge is 0.245 e. The predicted molar refractivity (Wildman–Crippen MR) is 83.4 cm³/mol. The highest BCUT2D eigenvalue weighted by molar-refractivity contribution is 6.66. The van der Waals surface area contributed by atoms with Gasteiger partial charge in [0.05, 0.1) is 0 Å². The van der Waals surface area contributed by atoms with Gasteiger partial charge in [-0.25, -0.2) is 0 Å². The van der Waals surface area contributed by atoms with Crippen LogP contribution < -0.4 is 0 Å². The van der Waals surface area contributed by atoms with Crippen molar-refractivity contribution in [3.05, 3.63) is 41.5 Å². The third-order valence-corrected chi connectivity index (χ3v) is 3.33. The number of hydrogen-bond acceptors (Lipinski definition) is 1. The van der Waals surface area contributed by atoms with Gasteiger partial charge in [-0.2, -0.15) is 0 Å². The van der Waals surface area contributed by atoms with Crippen LogP contribution in [0.1, 0.15) is 56.6 Å². The first-order valence-corrected chi connectivity index (χ1v) is 7.56. The zero-order valence-electron chi connectivity index (χ0n) is 11.7. The van der Waals surface area contributed by atoms with Crippen molar-refractivity contribution in [1.29, 1.82) is 0 Å². The third-order valence-electron chi connectivity index (χ3n) is 3.21. The molecule has 19 heavy (non-hydrogen) atoms. The molecule has 0 aliphatic carbocycles. The number of allylic oxidation sites excluding steroid dienone is 1. The summed E-state index contributed by atoms with van der Waals surface area (Å²) in [5, 5.41) is -0.434. The number of hydrogen-bond donors (Lipinski definition) is 0. The first kappa shape index (κ1) is 16.0. The van der Waals surface area contributed by atoms with Crippen molar-refractivity contribution in [2.45, 2.75) is 51.9 Å². The summed E-state index contributed by atoms with van der Waals surface area (Å²) >= 11 is 5.25. The first-order chi connectivity index (χ1) is 9.22. The Morgan fingerprint density at radius 3 is 2.32 bits per heavy atom. The second-order valence-corrected chi connectivity index (χ2v) is 5.27. The van der Waals surface area contributed by atoms with Crippen molar-refractivity contribution in [3.8, 4) is 0 Å². The van der Waals surface area contributed by atoms with Gasteiger partial charge < -0.3 is 0 Å². The Labute approximate surface area is 121 Å². The number of unbranched alkanes of at least 4 members (excludes halogenated alkanes) is 5. The van der Waals surface area contributed by atoms with E-state index in [1.165, 1.54) is 50.2 Å². The lowest BCUT2D eigenvalue weighted by atomic mass is 10.0. The summed E-state index contributed by atoms with van der Waals surface area (Å²) in [6.45, 7) is 2.24. The molecule has 0 atom stereocenters. The molecule has 0 N–H and O–H groups in total. The van der Waals surface area contributed by atoms with E-state index in [0.717, 1.165) is 12.0 Å². The van der Waals surface area contributed by atoms with Crippen LogP contribution in [-0.2, 0) is 11.2 Å². The normalized spacial score (nSPS) is 11.1. The van der Waals surface area contributed by atoms with Gasteiger partial charge in [0.1, 0.15) is 0 Å². The molecular formula is C17H23ClO. The van der Waals surface area contributed by atoms with Crippen LogP contribution in [0.5, 0.6) is 0 Å². The molecule has 0 aliphatic heterocycles. The lowest BCUT2D eigenvalue weighted by Gasteiger charge is -2.02. The summed E-state index contributed by atoms with van der Waals surface area (Å²) in [7, 11) is 0. The van der Waals surface area contributed by atoms with Crippen molar-refractivity contribution < 1.29 is 4.79 Å². The molecule has 0 amide bonds. The van der Waals surface area contributed by atoms with E-state index in [-0.39, 0.29) is 0 Å². The summed E-state index contributed by atoms with van der Waals surface area (Å²) in [4.78, 5) is 10.6. The second kappa shape index (κ2) is 9.80. The molecule has 104 valence electrons. The van der Waals surface area contributed by atoms with Gasteiger partial charge in [-0.3, -0.25) is 4.79 Å². The first-order valence-electron chi connectivity index (χ1n) is 7.19. The lowest BCUT2D eigenvalue weighted by molar-refractivity contribution is -0.107. The van der Waals surface area contributed by atoms with Crippen LogP contribution in [-0.4, -0.2) is 5.24 Å². The fourth-order valence-corrected chi connectivity index (χ4v) is 2.13. The van der Waals surface area contributed by atoms with Crippen LogP contribution in [0, 0.1) is 0 Å². The van der Waals surface area contributed by atoms with Gasteiger partial charge in [-0.1, -0.05) is 69.4 Å². The molecule has 0 aliphatic rings. The monoisotopic (exact) mass is 278 g/mol. The van der Waals surface area contributed by atoms with Crippen molar-refractivity contribution in [2.24, 2.45) is 0 Å². The Morgan fingerprint density at radius 1 is 1.05 bits per heavy atom. The third kappa shape index (κ3) is 7.84. The van der Waals surface area contributed by atoms with Crippen LogP contribution in [0.25, 0.3) is 6.08 Å². The van der Waals surface area contributed by atoms with E-state index in [1.54, 1.807) is 6.08 Å². The maximum Gasteiger partial charge on any atom is 0.245 e. The molecule has 0 radical (unpaired) electrons. The van der Waals surface area contributed by atoms with Crippen molar-refractivity contribution in [2.75, 3.05) is 0 Å². The molecule has 1 aromatic carbocycles. The summed E-state index contributed by atoms with van der Waals surface area (Å²) in [5.74, 6) is 0. The highest BCUT2D eigenvalue weighted by atomic mass is 35.5. The fourth-order valence-electron chi connectivity index (χ4n) is 2.07. The number of benzene rings is 1. The zero-order chi connectivity index (χ0) is 13.9. The van der Waals surface area contributed by atoms with Crippen LogP contribution in [0.3, 0.4) is 0 Å². The fraction of sp³-hybridized carbons (Fsp3) is 0.471. The van der Waals surface area contributed by atoms with Gasteiger partial charge >= 0.3 is 0 Å². The molecule has 0 saturated heterocycles. The van der Waals surface area contributed by atoms with E-state index >= 15 is 0 Å². The highest BCUT2D eigenvalue weighted by Gasteiger charge is 1.95. The summed E-state index contributed by atoms with van der Waals surface area (Å²) in [6.07, 6.45) is 12.2. The molecule has 0 spiro atoms. The van der Waals surface area contributed by atoms with E-state index in [9.17, 15) is 4.79 Å². The minimum Gasteiger partial charge on any atom is -0.276 e. The zero-order valence-corrected chi connectivity index (χ0v) is 12.5. The molecule has 1 nitrogen and oxygen atoms in total. The van der Waals surface area contributed by atoms with E-state index < -0.39 is 5.24 Å². The molecule has 0 saturated carbocycles. The minimum atomic E-state index is -0.434. The van der Waals surface area contributed by atoms with Crippen LogP contribution in [0.15, 0.2) is 30.3 Å². The van der Waals surface area contributed by atoms with Gasteiger partial charge in [0.15, 0.2) is 0 Å². The van der Waals surface area contributed by atoms with Gasteiger partial charge in [0.25, 0.3) is 0 Å². The Balaban J connectivity index is 2.26. The molecular weight excluding hydrogens is 256 g/mol. The largest absolute Gasteiger partial charge is 0.276 e. The van der Waals surface area contributed by atoms with Crippen molar-refractivity contribution >= 4 is 22.9 Å². The van der Waals surface area contributed by atoms with Gasteiger partial charge in [0.2, 0.25) is 5.24 Å². The minimum absolute atomic E-state index is 0.434. The topological polar surface area (TPSA) is 17.1 Å². The molecule has 0 aromatic heterocycles. The van der Waals surface area contributed by atoms with Crippen LogP contribution in [0.4, 0.5) is 0 Å². The van der Waals surface area contributed by atoms with Crippen molar-refractivity contribution in [1.82, 2.24) is 0 Å². The number of halogens is 1. The molecule has 1 aromatic rings. The number of rotatable bonds is 9.